The Bertz CT molecular complexity index is 990. The van der Waals surface area contributed by atoms with Crippen LogP contribution in [0, 0.1) is 0 Å². The van der Waals surface area contributed by atoms with Gasteiger partial charge in [0.2, 0.25) is 5.88 Å². The van der Waals surface area contributed by atoms with E-state index < -0.39 is 0 Å². The third-order valence-electron chi connectivity index (χ3n) is 3.93. The number of anilines is 1. The number of nitrogens with zero attached hydrogens (tertiary/aromatic N) is 4. The molecule has 2 N–H and O–H groups in total. The van der Waals surface area contributed by atoms with E-state index in [9.17, 15) is 0 Å². The minimum absolute atomic E-state index is 0.376. The second-order valence-corrected chi connectivity index (χ2v) is 5.94. The minimum Gasteiger partial charge on any atom is -0.473 e. The van der Waals surface area contributed by atoms with Crippen molar-refractivity contribution in [1.29, 1.82) is 0 Å². The number of pyridine rings is 2. The van der Waals surface area contributed by atoms with Crippen molar-refractivity contribution in [1.82, 2.24) is 15.1 Å². The molecule has 0 fully saturated rings. The van der Waals surface area contributed by atoms with Crippen LogP contribution in [0.15, 0.2) is 76.5 Å². The monoisotopic (exact) mass is 375 g/mol. The Kier molecular flexibility index (Phi) is 6.30. The number of aromatic nitrogens is 3. The number of nitrogen functional groups attached to an aromatic ring is 1. The number of ether oxygens (including phenoxy) is 1. The second-order valence-electron chi connectivity index (χ2n) is 5.94. The molecule has 0 radical (unpaired) electrons. The van der Waals surface area contributed by atoms with E-state index in [1.165, 1.54) is 0 Å². The molecular weight excluding hydrogens is 354 g/mol. The molecular formula is C21H21N5O2. The highest BCUT2D eigenvalue weighted by molar-refractivity contribution is 5.72. The van der Waals surface area contributed by atoms with Gasteiger partial charge in [0.1, 0.15) is 12.4 Å². The fraction of sp³-hybridized carbons (Fsp3) is 0.143. The molecule has 142 valence electrons. The Balaban J connectivity index is 1.62. The van der Waals surface area contributed by atoms with Crippen molar-refractivity contribution in [2.24, 2.45) is 4.99 Å². The highest BCUT2D eigenvalue weighted by Gasteiger charge is 2.11. The van der Waals surface area contributed by atoms with Gasteiger partial charge in [-0.3, -0.25) is 4.99 Å². The maximum Gasteiger partial charge on any atom is 0.213 e. The number of allylic oxidation sites excluding steroid dienone is 1. The lowest BCUT2D eigenvalue weighted by Crippen LogP contribution is -2.01. The molecule has 3 heterocycles. The molecule has 0 unspecified atom stereocenters. The van der Waals surface area contributed by atoms with Gasteiger partial charge < -0.3 is 15.0 Å². The van der Waals surface area contributed by atoms with Gasteiger partial charge in [-0.25, -0.2) is 9.97 Å². The molecule has 0 aliphatic carbocycles. The highest BCUT2D eigenvalue weighted by atomic mass is 16.5. The molecule has 3 rings (SSSR count). The maximum atomic E-state index is 5.88. The molecule has 28 heavy (non-hydrogen) atoms. The molecule has 3 aromatic rings. The van der Waals surface area contributed by atoms with E-state index >= 15 is 0 Å². The first kappa shape index (κ1) is 19.0. The van der Waals surface area contributed by atoms with Crippen molar-refractivity contribution in [2.75, 3.05) is 19.4 Å². The van der Waals surface area contributed by atoms with Crippen molar-refractivity contribution in [3.8, 4) is 17.2 Å². The topological polar surface area (TPSA) is 99.4 Å². The van der Waals surface area contributed by atoms with Crippen LogP contribution in [0.1, 0.15) is 11.3 Å². The summed E-state index contributed by atoms with van der Waals surface area (Å²) < 4.78 is 11.1. The first-order valence-corrected chi connectivity index (χ1v) is 8.67. The summed E-state index contributed by atoms with van der Waals surface area (Å²) in [5, 5.41) is 4.10. The zero-order valence-corrected chi connectivity index (χ0v) is 15.6. The van der Waals surface area contributed by atoms with E-state index in [0.29, 0.717) is 30.5 Å². The van der Waals surface area contributed by atoms with Crippen LogP contribution in [0.25, 0.3) is 11.3 Å². The summed E-state index contributed by atoms with van der Waals surface area (Å²) in [7, 11) is 1.71. The van der Waals surface area contributed by atoms with Gasteiger partial charge in [-0.2, -0.15) is 0 Å². The SMILES string of the molecule is C=C/C(=C\C=N/C)COc1ccc(Cc2cc(-c3cccnc3N)on2)cn1. The highest BCUT2D eigenvalue weighted by Crippen LogP contribution is 2.25. The van der Waals surface area contributed by atoms with Gasteiger partial charge >= 0.3 is 0 Å². The third kappa shape index (κ3) is 4.91. The first-order chi connectivity index (χ1) is 13.7. The molecule has 0 aromatic carbocycles. The van der Waals surface area contributed by atoms with Crippen molar-refractivity contribution in [3.63, 3.8) is 0 Å². The lowest BCUT2D eigenvalue weighted by atomic mass is 10.1. The predicted molar refractivity (Wildman–Crippen MR) is 109 cm³/mol. The summed E-state index contributed by atoms with van der Waals surface area (Å²) in [5.41, 5.74) is 9.29. The Hall–Kier alpha value is -3.74. The van der Waals surface area contributed by atoms with Crippen LogP contribution in [-0.4, -0.2) is 35.0 Å². The van der Waals surface area contributed by atoms with Crippen molar-refractivity contribution in [3.05, 3.63) is 78.3 Å². The summed E-state index contributed by atoms with van der Waals surface area (Å²) >= 11 is 0. The van der Waals surface area contributed by atoms with Gasteiger partial charge in [-0.1, -0.05) is 23.9 Å². The molecule has 0 saturated carbocycles. The lowest BCUT2D eigenvalue weighted by molar-refractivity contribution is 0.341. The fourth-order valence-corrected chi connectivity index (χ4v) is 2.46. The van der Waals surface area contributed by atoms with Crippen LogP contribution in [0.3, 0.4) is 0 Å². The normalized spacial score (nSPS) is 11.7. The average molecular weight is 375 g/mol. The van der Waals surface area contributed by atoms with Crippen LogP contribution in [-0.2, 0) is 6.42 Å². The first-order valence-electron chi connectivity index (χ1n) is 8.67. The quantitative estimate of drug-likeness (QED) is 0.478. The van der Waals surface area contributed by atoms with Crippen LogP contribution in [0.2, 0.25) is 0 Å². The van der Waals surface area contributed by atoms with Gasteiger partial charge in [0, 0.05) is 44.2 Å². The van der Waals surface area contributed by atoms with E-state index in [2.05, 4.69) is 26.7 Å². The van der Waals surface area contributed by atoms with Crippen molar-refractivity contribution >= 4 is 12.0 Å². The summed E-state index contributed by atoms with van der Waals surface area (Å²) in [6.45, 7) is 4.13. The molecule has 0 amide bonds. The van der Waals surface area contributed by atoms with Crippen molar-refractivity contribution < 1.29 is 9.26 Å². The Morgan fingerprint density at radius 2 is 2.21 bits per heavy atom. The third-order valence-corrected chi connectivity index (χ3v) is 3.93. The number of nitrogens with two attached hydrogens (primary N) is 1. The molecule has 0 aliphatic heterocycles. The molecule has 0 atom stereocenters. The minimum atomic E-state index is 0.376. The molecule has 3 aromatic heterocycles. The smallest absolute Gasteiger partial charge is 0.213 e. The van der Waals surface area contributed by atoms with E-state index in [1.54, 1.807) is 37.8 Å². The Morgan fingerprint density at radius 1 is 1.32 bits per heavy atom. The van der Waals surface area contributed by atoms with E-state index in [4.69, 9.17) is 15.0 Å². The number of hydrogen-bond acceptors (Lipinski definition) is 7. The number of hydrogen-bond donors (Lipinski definition) is 1. The largest absolute Gasteiger partial charge is 0.473 e. The molecule has 0 spiro atoms. The fourth-order valence-electron chi connectivity index (χ4n) is 2.46. The maximum absolute atomic E-state index is 5.88. The summed E-state index contributed by atoms with van der Waals surface area (Å²) in [6.07, 6.45) is 9.25. The molecule has 0 aliphatic rings. The summed E-state index contributed by atoms with van der Waals surface area (Å²) in [6, 6.07) is 9.27. The lowest BCUT2D eigenvalue weighted by Gasteiger charge is -2.06. The Morgan fingerprint density at radius 3 is 2.93 bits per heavy atom. The van der Waals surface area contributed by atoms with Gasteiger partial charge in [0.15, 0.2) is 5.76 Å². The van der Waals surface area contributed by atoms with Crippen LogP contribution in [0.4, 0.5) is 5.82 Å². The Labute approximate surface area is 163 Å². The summed E-state index contributed by atoms with van der Waals surface area (Å²) in [4.78, 5) is 12.3. The average Bonchev–Trinajstić information content (AvgIpc) is 3.18. The van der Waals surface area contributed by atoms with E-state index in [1.807, 2.05) is 30.3 Å². The van der Waals surface area contributed by atoms with Crippen LogP contribution < -0.4 is 10.5 Å². The molecule has 7 nitrogen and oxygen atoms in total. The van der Waals surface area contributed by atoms with Crippen LogP contribution in [0.5, 0.6) is 5.88 Å². The predicted octanol–water partition coefficient (Wildman–Crippen LogP) is 3.50. The van der Waals surface area contributed by atoms with Gasteiger partial charge in [0.25, 0.3) is 0 Å². The van der Waals surface area contributed by atoms with Gasteiger partial charge in [0.05, 0.1) is 11.3 Å². The van der Waals surface area contributed by atoms with Gasteiger partial charge in [-0.05, 0) is 29.3 Å². The van der Waals surface area contributed by atoms with Gasteiger partial charge in [-0.15, -0.1) is 0 Å². The van der Waals surface area contributed by atoms with E-state index in [-0.39, 0.29) is 0 Å². The van der Waals surface area contributed by atoms with Crippen LogP contribution >= 0.6 is 0 Å². The number of rotatable bonds is 8. The van der Waals surface area contributed by atoms with Crippen molar-refractivity contribution in [2.45, 2.75) is 6.42 Å². The zero-order valence-electron chi connectivity index (χ0n) is 15.6. The molecule has 7 heteroatoms. The number of aliphatic imine (C=N–C) groups is 1. The second kappa shape index (κ2) is 9.27. The summed E-state index contributed by atoms with van der Waals surface area (Å²) in [5.74, 6) is 1.54. The van der Waals surface area contributed by atoms with E-state index in [0.717, 1.165) is 22.4 Å². The standard InChI is InChI=1S/C21H21N5O2/c1-3-15(8-10-23-2)14-27-20-7-6-16(13-25-20)11-17-12-19(28-26-17)18-5-4-9-24-21(18)22/h3-10,12-13H,1,11,14H2,2H3,(H2,22,24)/b15-8+,23-10-. The zero-order chi connectivity index (χ0) is 19.8. The molecule has 0 saturated heterocycles. The molecule has 0 bridgehead atoms.